The highest BCUT2D eigenvalue weighted by atomic mass is 32.1. The topological polar surface area (TPSA) is 78.3 Å². The number of hydrogen-bond acceptors (Lipinski definition) is 6. The van der Waals surface area contributed by atoms with Crippen molar-refractivity contribution in [2.75, 3.05) is 25.0 Å². The van der Waals surface area contributed by atoms with Crippen molar-refractivity contribution in [3.05, 3.63) is 40.5 Å². The SMILES string of the molecule is O=C(O)c1cnc(NCC2CCCN(Cc3cccs3)C2)cn1. The number of aromatic carboxylic acids is 1. The first kappa shape index (κ1) is 15.9. The lowest BCUT2D eigenvalue weighted by molar-refractivity contribution is 0.0690. The molecule has 2 aromatic heterocycles. The Bertz CT molecular complexity index is 630. The van der Waals surface area contributed by atoms with Crippen LogP contribution in [0.15, 0.2) is 29.9 Å². The number of likely N-dealkylation sites (tertiary alicyclic amines) is 1. The average Bonchev–Trinajstić information content (AvgIpc) is 3.07. The molecule has 0 aliphatic carbocycles. The van der Waals surface area contributed by atoms with Gasteiger partial charge in [0.15, 0.2) is 5.69 Å². The second-order valence-electron chi connectivity index (χ2n) is 5.80. The maximum Gasteiger partial charge on any atom is 0.356 e. The van der Waals surface area contributed by atoms with E-state index in [0.29, 0.717) is 11.7 Å². The van der Waals surface area contributed by atoms with Crippen LogP contribution in [0.3, 0.4) is 0 Å². The lowest BCUT2D eigenvalue weighted by Crippen LogP contribution is -2.37. The van der Waals surface area contributed by atoms with Crippen molar-refractivity contribution in [3.8, 4) is 0 Å². The van der Waals surface area contributed by atoms with E-state index in [4.69, 9.17) is 5.11 Å². The third-order valence-electron chi connectivity index (χ3n) is 4.01. The summed E-state index contributed by atoms with van der Waals surface area (Å²) in [4.78, 5) is 22.6. The molecule has 0 spiro atoms. The first-order valence-corrected chi connectivity index (χ1v) is 8.62. The second-order valence-corrected chi connectivity index (χ2v) is 6.83. The number of thiophene rings is 1. The number of rotatable bonds is 6. The summed E-state index contributed by atoms with van der Waals surface area (Å²) in [6.45, 7) is 4.09. The summed E-state index contributed by atoms with van der Waals surface area (Å²) in [6.07, 6.45) is 5.18. The van der Waals surface area contributed by atoms with E-state index in [0.717, 1.165) is 26.2 Å². The molecule has 122 valence electrons. The minimum atomic E-state index is -1.06. The Morgan fingerprint density at radius 2 is 2.35 bits per heavy atom. The van der Waals surface area contributed by atoms with Crippen molar-refractivity contribution in [1.82, 2.24) is 14.9 Å². The number of nitrogens with zero attached hydrogens (tertiary/aromatic N) is 3. The Morgan fingerprint density at radius 1 is 1.43 bits per heavy atom. The molecule has 3 rings (SSSR count). The van der Waals surface area contributed by atoms with Gasteiger partial charge in [-0.3, -0.25) is 4.90 Å². The van der Waals surface area contributed by atoms with E-state index < -0.39 is 5.97 Å². The standard InChI is InChI=1S/C16H20N4O2S/c21-16(22)14-8-19-15(9-17-14)18-7-12-3-1-5-20(10-12)11-13-4-2-6-23-13/h2,4,6,8-9,12H,1,3,5,7,10-11H2,(H,18,19)(H,21,22). The monoisotopic (exact) mass is 332 g/mol. The molecule has 7 heteroatoms. The quantitative estimate of drug-likeness (QED) is 0.846. The molecule has 0 saturated carbocycles. The van der Waals surface area contributed by atoms with Crippen LogP contribution < -0.4 is 5.32 Å². The van der Waals surface area contributed by atoms with Gasteiger partial charge in [-0.25, -0.2) is 14.8 Å². The first-order valence-electron chi connectivity index (χ1n) is 7.74. The summed E-state index contributed by atoms with van der Waals surface area (Å²) in [7, 11) is 0. The van der Waals surface area contributed by atoms with Crippen molar-refractivity contribution in [2.45, 2.75) is 19.4 Å². The van der Waals surface area contributed by atoms with Crippen LogP contribution in [0.25, 0.3) is 0 Å². The van der Waals surface area contributed by atoms with Crippen LogP contribution in [0.2, 0.25) is 0 Å². The number of anilines is 1. The molecule has 1 atom stereocenters. The van der Waals surface area contributed by atoms with Crippen LogP contribution in [-0.4, -0.2) is 45.6 Å². The van der Waals surface area contributed by atoms with Crippen molar-refractivity contribution in [1.29, 1.82) is 0 Å². The van der Waals surface area contributed by atoms with Gasteiger partial charge in [0.05, 0.1) is 12.4 Å². The molecule has 1 saturated heterocycles. The molecule has 0 bridgehead atoms. The van der Waals surface area contributed by atoms with Crippen LogP contribution in [-0.2, 0) is 6.54 Å². The number of aromatic nitrogens is 2. The molecular weight excluding hydrogens is 312 g/mol. The minimum Gasteiger partial charge on any atom is -0.476 e. The van der Waals surface area contributed by atoms with Gasteiger partial charge < -0.3 is 10.4 Å². The molecule has 0 aromatic carbocycles. The van der Waals surface area contributed by atoms with Gasteiger partial charge in [0.25, 0.3) is 0 Å². The van der Waals surface area contributed by atoms with Gasteiger partial charge in [0.2, 0.25) is 0 Å². The highest BCUT2D eigenvalue weighted by molar-refractivity contribution is 7.09. The lowest BCUT2D eigenvalue weighted by atomic mass is 9.98. The van der Waals surface area contributed by atoms with E-state index in [9.17, 15) is 4.79 Å². The molecule has 0 amide bonds. The van der Waals surface area contributed by atoms with E-state index in [1.807, 2.05) is 11.3 Å². The summed E-state index contributed by atoms with van der Waals surface area (Å²) >= 11 is 1.81. The lowest BCUT2D eigenvalue weighted by Gasteiger charge is -2.32. The number of piperidine rings is 1. The van der Waals surface area contributed by atoms with Crippen LogP contribution in [0, 0.1) is 5.92 Å². The fraction of sp³-hybridized carbons (Fsp3) is 0.438. The molecule has 2 N–H and O–H groups in total. The van der Waals surface area contributed by atoms with E-state index in [1.165, 1.54) is 30.1 Å². The zero-order valence-corrected chi connectivity index (χ0v) is 13.6. The Morgan fingerprint density at radius 3 is 3.04 bits per heavy atom. The zero-order valence-electron chi connectivity index (χ0n) is 12.8. The Labute approximate surface area is 139 Å². The minimum absolute atomic E-state index is 0.0321. The number of hydrogen-bond donors (Lipinski definition) is 2. The van der Waals surface area contributed by atoms with Gasteiger partial charge in [0.1, 0.15) is 5.82 Å². The van der Waals surface area contributed by atoms with Gasteiger partial charge in [-0.15, -0.1) is 11.3 Å². The molecule has 1 fully saturated rings. The van der Waals surface area contributed by atoms with Crippen LogP contribution >= 0.6 is 11.3 Å². The first-order chi connectivity index (χ1) is 11.2. The fourth-order valence-electron chi connectivity index (χ4n) is 2.86. The van der Waals surface area contributed by atoms with Crippen molar-refractivity contribution in [3.63, 3.8) is 0 Å². The molecule has 3 heterocycles. The number of carboxylic acids is 1. The average molecular weight is 332 g/mol. The molecular formula is C16H20N4O2S. The number of carbonyl (C=O) groups is 1. The Hall–Kier alpha value is -1.99. The van der Waals surface area contributed by atoms with E-state index >= 15 is 0 Å². The predicted molar refractivity (Wildman–Crippen MR) is 89.8 cm³/mol. The molecule has 1 aliphatic heterocycles. The molecule has 6 nitrogen and oxygen atoms in total. The van der Waals surface area contributed by atoms with Crippen LogP contribution in [0.4, 0.5) is 5.82 Å². The zero-order chi connectivity index (χ0) is 16.1. The van der Waals surface area contributed by atoms with E-state index in [-0.39, 0.29) is 5.69 Å². The third-order valence-corrected chi connectivity index (χ3v) is 4.87. The second kappa shape index (κ2) is 7.52. The molecule has 2 aromatic rings. The maximum absolute atomic E-state index is 10.8. The third kappa shape index (κ3) is 4.49. The summed E-state index contributed by atoms with van der Waals surface area (Å²) in [5.74, 6) is 0.149. The van der Waals surface area contributed by atoms with Gasteiger partial charge in [0, 0.05) is 24.5 Å². The summed E-state index contributed by atoms with van der Waals surface area (Å²) < 4.78 is 0. The van der Waals surface area contributed by atoms with Gasteiger partial charge in [-0.05, 0) is 36.8 Å². The van der Waals surface area contributed by atoms with E-state index in [2.05, 4.69) is 37.7 Å². The molecule has 23 heavy (non-hydrogen) atoms. The summed E-state index contributed by atoms with van der Waals surface area (Å²) in [6, 6.07) is 4.29. The molecule has 1 aliphatic rings. The largest absolute Gasteiger partial charge is 0.476 e. The highest BCUT2D eigenvalue weighted by Gasteiger charge is 2.20. The highest BCUT2D eigenvalue weighted by Crippen LogP contribution is 2.20. The number of nitrogens with one attached hydrogen (secondary N) is 1. The number of carboxylic acid groups (broad SMARTS) is 1. The predicted octanol–water partition coefficient (Wildman–Crippen LogP) is 2.56. The normalized spacial score (nSPS) is 18.7. The van der Waals surface area contributed by atoms with Crippen LogP contribution in [0.1, 0.15) is 28.2 Å². The Balaban J connectivity index is 1.48. The van der Waals surface area contributed by atoms with Gasteiger partial charge >= 0.3 is 5.97 Å². The summed E-state index contributed by atoms with van der Waals surface area (Å²) in [5, 5.41) is 14.2. The maximum atomic E-state index is 10.8. The van der Waals surface area contributed by atoms with Crippen LogP contribution in [0.5, 0.6) is 0 Å². The van der Waals surface area contributed by atoms with Crippen molar-refractivity contribution >= 4 is 23.1 Å². The van der Waals surface area contributed by atoms with Gasteiger partial charge in [-0.1, -0.05) is 6.07 Å². The summed E-state index contributed by atoms with van der Waals surface area (Å²) in [5.41, 5.74) is -0.0321. The van der Waals surface area contributed by atoms with Gasteiger partial charge in [-0.2, -0.15) is 0 Å². The van der Waals surface area contributed by atoms with Crippen molar-refractivity contribution < 1.29 is 9.90 Å². The molecule has 1 unspecified atom stereocenters. The Kier molecular flexibility index (Phi) is 5.19. The van der Waals surface area contributed by atoms with Crippen molar-refractivity contribution in [2.24, 2.45) is 5.92 Å². The smallest absolute Gasteiger partial charge is 0.356 e. The fourth-order valence-corrected chi connectivity index (χ4v) is 3.61. The van der Waals surface area contributed by atoms with E-state index in [1.54, 1.807) is 0 Å². The molecule has 0 radical (unpaired) electrons.